The van der Waals surface area contributed by atoms with Crippen LogP contribution < -0.4 is 10.9 Å². The van der Waals surface area contributed by atoms with Gasteiger partial charge in [-0.1, -0.05) is 48.4 Å². The van der Waals surface area contributed by atoms with E-state index in [0.29, 0.717) is 5.56 Å². The van der Waals surface area contributed by atoms with Crippen LogP contribution in [-0.2, 0) is 0 Å². The second-order valence-corrected chi connectivity index (χ2v) is 5.32. The van der Waals surface area contributed by atoms with E-state index >= 15 is 0 Å². The van der Waals surface area contributed by atoms with Crippen LogP contribution in [0.15, 0.2) is 41.3 Å². The third-order valence-electron chi connectivity index (χ3n) is 3.31. The first kappa shape index (κ1) is 15.3. The molecule has 2 N–H and O–H groups in total. The maximum Gasteiger partial charge on any atom is 0.266 e. The molecule has 0 spiro atoms. The molecule has 5 heteroatoms. The second-order valence-electron chi connectivity index (χ2n) is 4.91. The topological polar surface area (TPSA) is 62.0 Å². The van der Waals surface area contributed by atoms with Crippen molar-refractivity contribution in [2.24, 2.45) is 0 Å². The summed E-state index contributed by atoms with van der Waals surface area (Å²) >= 11 is 5.74. The number of aromatic nitrogens is 1. The number of amides is 1. The lowest BCUT2D eigenvalue weighted by Crippen LogP contribution is -2.28. The zero-order valence-electron chi connectivity index (χ0n) is 11.9. The summed E-state index contributed by atoms with van der Waals surface area (Å²) in [6, 6.07) is 9.33. The number of carbonyl (C=O) groups excluding carboxylic acids is 1. The van der Waals surface area contributed by atoms with Gasteiger partial charge in [-0.15, -0.1) is 0 Å². The molecule has 1 aromatic carbocycles. The normalized spacial score (nSPS) is 12.0. The van der Waals surface area contributed by atoms with Gasteiger partial charge >= 0.3 is 0 Å². The second kappa shape index (κ2) is 6.59. The van der Waals surface area contributed by atoms with Crippen molar-refractivity contribution in [1.29, 1.82) is 0 Å². The highest BCUT2D eigenvalue weighted by Gasteiger charge is 2.15. The molecule has 0 bridgehead atoms. The molecule has 21 heavy (non-hydrogen) atoms. The van der Waals surface area contributed by atoms with Crippen molar-refractivity contribution in [2.45, 2.75) is 26.3 Å². The van der Waals surface area contributed by atoms with Crippen LogP contribution in [0.4, 0.5) is 0 Å². The summed E-state index contributed by atoms with van der Waals surface area (Å²) in [6.07, 6.45) is 2.14. The summed E-state index contributed by atoms with van der Waals surface area (Å²) in [5, 5.41) is 2.95. The lowest BCUT2D eigenvalue weighted by Gasteiger charge is -2.17. The Balaban J connectivity index is 2.17. The molecule has 1 amide bonds. The van der Waals surface area contributed by atoms with E-state index in [1.807, 2.05) is 38.1 Å². The fourth-order valence-electron chi connectivity index (χ4n) is 2.05. The first-order valence-corrected chi connectivity index (χ1v) is 7.14. The molecule has 0 fully saturated rings. The minimum absolute atomic E-state index is 0.00559. The van der Waals surface area contributed by atoms with E-state index in [4.69, 9.17) is 11.6 Å². The van der Waals surface area contributed by atoms with Crippen LogP contribution in [0.25, 0.3) is 0 Å². The molecule has 0 radical (unpaired) electrons. The van der Waals surface area contributed by atoms with Gasteiger partial charge in [-0.05, 0) is 25.0 Å². The molecule has 1 heterocycles. The molecule has 0 saturated heterocycles. The Morgan fingerprint density at radius 3 is 2.57 bits per heavy atom. The van der Waals surface area contributed by atoms with Crippen LogP contribution in [0.5, 0.6) is 0 Å². The van der Waals surface area contributed by atoms with E-state index in [0.717, 1.165) is 12.0 Å². The van der Waals surface area contributed by atoms with Crippen LogP contribution in [0.2, 0.25) is 5.02 Å². The maximum atomic E-state index is 12.2. The van der Waals surface area contributed by atoms with Crippen LogP contribution in [0.1, 0.15) is 40.9 Å². The van der Waals surface area contributed by atoms with Crippen LogP contribution in [0, 0.1) is 6.92 Å². The molecule has 110 valence electrons. The predicted molar refractivity (Wildman–Crippen MR) is 83.7 cm³/mol. The first-order valence-electron chi connectivity index (χ1n) is 6.77. The van der Waals surface area contributed by atoms with Gasteiger partial charge < -0.3 is 10.3 Å². The molecular weight excluding hydrogens is 288 g/mol. The summed E-state index contributed by atoms with van der Waals surface area (Å²) in [5.74, 6) is -0.263. The van der Waals surface area contributed by atoms with Gasteiger partial charge in [0.25, 0.3) is 11.5 Å². The number of hydrogen-bond acceptors (Lipinski definition) is 2. The van der Waals surface area contributed by atoms with E-state index < -0.39 is 5.56 Å². The lowest BCUT2D eigenvalue weighted by molar-refractivity contribution is 0.0935. The Hall–Kier alpha value is -2.07. The Morgan fingerprint density at radius 1 is 1.33 bits per heavy atom. The minimum Gasteiger partial charge on any atom is -0.345 e. The van der Waals surface area contributed by atoms with Crippen molar-refractivity contribution in [3.8, 4) is 0 Å². The zero-order chi connectivity index (χ0) is 15.4. The van der Waals surface area contributed by atoms with Gasteiger partial charge in [0.15, 0.2) is 0 Å². The maximum absolute atomic E-state index is 12.2. The number of benzene rings is 1. The molecule has 1 atom stereocenters. The minimum atomic E-state index is -0.404. The Bertz CT molecular complexity index is 692. The highest BCUT2D eigenvalue weighted by atomic mass is 35.5. The highest BCUT2D eigenvalue weighted by Crippen LogP contribution is 2.18. The van der Waals surface area contributed by atoms with Crippen molar-refractivity contribution in [1.82, 2.24) is 10.3 Å². The number of carbonyl (C=O) groups is 1. The number of hydrogen-bond donors (Lipinski definition) is 2. The molecule has 2 rings (SSSR count). The van der Waals surface area contributed by atoms with Gasteiger partial charge in [-0.25, -0.2) is 0 Å². The quantitative estimate of drug-likeness (QED) is 0.911. The summed E-state index contributed by atoms with van der Waals surface area (Å²) in [4.78, 5) is 25.9. The summed E-state index contributed by atoms with van der Waals surface area (Å²) in [5.41, 5.74) is 2.16. The molecule has 1 aromatic heterocycles. The number of nitrogens with one attached hydrogen (secondary N) is 2. The average Bonchev–Trinajstić information content (AvgIpc) is 2.48. The van der Waals surface area contributed by atoms with Crippen LogP contribution >= 0.6 is 11.6 Å². The first-order chi connectivity index (χ1) is 10.0. The number of H-pyrrole nitrogens is 1. The Morgan fingerprint density at radius 2 is 2.00 bits per heavy atom. The van der Waals surface area contributed by atoms with Crippen molar-refractivity contribution in [3.05, 3.63) is 68.6 Å². The van der Waals surface area contributed by atoms with E-state index in [2.05, 4.69) is 10.3 Å². The van der Waals surface area contributed by atoms with Crippen molar-refractivity contribution in [3.63, 3.8) is 0 Å². The van der Waals surface area contributed by atoms with E-state index in [1.54, 1.807) is 0 Å². The number of halogens is 1. The van der Waals surface area contributed by atoms with Crippen LogP contribution in [-0.4, -0.2) is 10.9 Å². The van der Waals surface area contributed by atoms with Crippen molar-refractivity contribution < 1.29 is 4.79 Å². The van der Waals surface area contributed by atoms with Crippen molar-refractivity contribution >= 4 is 17.5 Å². The standard InChI is InChI=1S/C16H17ClN2O2/c1-3-14(11-6-4-10(2)5-7-11)19-15(20)12-8-13(17)16(21)18-9-12/h4-9,14H,3H2,1-2H3,(H,18,21)(H,19,20). The lowest BCUT2D eigenvalue weighted by atomic mass is 10.0. The van der Waals surface area contributed by atoms with Crippen LogP contribution in [0.3, 0.4) is 0 Å². The van der Waals surface area contributed by atoms with Gasteiger partial charge in [0, 0.05) is 6.20 Å². The predicted octanol–water partition coefficient (Wildman–Crippen LogP) is 3.22. The molecule has 0 saturated carbocycles. The van der Waals surface area contributed by atoms with Gasteiger partial charge in [-0.3, -0.25) is 9.59 Å². The van der Waals surface area contributed by atoms with Crippen molar-refractivity contribution in [2.75, 3.05) is 0 Å². The number of pyridine rings is 1. The third kappa shape index (κ3) is 3.73. The Kier molecular flexibility index (Phi) is 4.81. The largest absolute Gasteiger partial charge is 0.345 e. The van der Waals surface area contributed by atoms with Gasteiger partial charge in [0.1, 0.15) is 5.02 Å². The monoisotopic (exact) mass is 304 g/mol. The zero-order valence-corrected chi connectivity index (χ0v) is 12.7. The number of aromatic amines is 1. The third-order valence-corrected chi connectivity index (χ3v) is 3.59. The molecule has 1 unspecified atom stereocenters. The fraction of sp³-hybridized carbons (Fsp3) is 0.250. The SMILES string of the molecule is CCC(NC(=O)c1c[nH]c(=O)c(Cl)c1)c1ccc(C)cc1. The van der Waals surface area contributed by atoms with Gasteiger partial charge in [-0.2, -0.15) is 0 Å². The average molecular weight is 305 g/mol. The number of rotatable bonds is 4. The molecule has 2 aromatic rings. The van der Waals surface area contributed by atoms with E-state index in [-0.39, 0.29) is 17.0 Å². The molecule has 0 aliphatic heterocycles. The molecule has 0 aliphatic rings. The van der Waals surface area contributed by atoms with E-state index in [9.17, 15) is 9.59 Å². The molecular formula is C16H17ClN2O2. The van der Waals surface area contributed by atoms with E-state index in [1.165, 1.54) is 17.8 Å². The highest BCUT2D eigenvalue weighted by molar-refractivity contribution is 6.30. The summed E-state index contributed by atoms with van der Waals surface area (Å²) in [7, 11) is 0. The number of aryl methyl sites for hydroxylation is 1. The summed E-state index contributed by atoms with van der Waals surface area (Å²) < 4.78 is 0. The van der Waals surface area contributed by atoms with Gasteiger partial charge in [0.2, 0.25) is 0 Å². The molecule has 0 aliphatic carbocycles. The molecule has 4 nitrogen and oxygen atoms in total. The fourth-order valence-corrected chi connectivity index (χ4v) is 2.22. The Labute approximate surface area is 128 Å². The smallest absolute Gasteiger partial charge is 0.266 e. The summed E-state index contributed by atoms with van der Waals surface area (Å²) in [6.45, 7) is 4.02. The van der Waals surface area contributed by atoms with Gasteiger partial charge in [0.05, 0.1) is 11.6 Å².